The average Bonchev–Trinajstić information content (AvgIpc) is 2.39. The number of ether oxygens (including phenoxy) is 1. The summed E-state index contributed by atoms with van der Waals surface area (Å²) in [5, 5.41) is 3.13. The smallest absolute Gasteiger partial charge is 0.242 e. The van der Waals surface area contributed by atoms with Gasteiger partial charge in [-0.1, -0.05) is 0 Å². The predicted octanol–water partition coefficient (Wildman–Crippen LogP) is 1.60. The summed E-state index contributed by atoms with van der Waals surface area (Å²) >= 11 is 5.48. The van der Waals surface area contributed by atoms with Gasteiger partial charge in [0.05, 0.1) is 18.1 Å². The molecule has 1 N–H and O–H groups in total. The molecule has 5 nitrogen and oxygen atoms in total. The molecular formula is C12H19ClN2O3S. The zero-order valence-electron chi connectivity index (χ0n) is 11.1. The van der Waals surface area contributed by atoms with E-state index in [9.17, 15) is 8.42 Å². The summed E-state index contributed by atoms with van der Waals surface area (Å²) < 4.78 is 30.1. The van der Waals surface area contributed by atoms with Crippen LogP contribution in [0.3, 0.4) is 0 Å². The highest BCUT2D eigenvalue weighted by atomic mass is 35.5. The summed E-state index contributed by atoms with van der Waals surface area (Å²) in [5.41, 5.74) is 0.854. The lowest BCUT2D eigenvalue weighted by Gasteiger charge is -2.12. The molecule has 0 aliphatic rings. The zero-order chi connectivity index (χ0) is 14.3. The topological polar surface area (TPSA) is 58.6 Å². The van der Waals surface area contributed by atoms with E-state index in [1.54, 1.807) is 24.3 Å². The second-order valence-electron chi connectivity index (χ2n) is 4.04. The van der Waals surface area contributed by atoms with Crippen molar-refractivity contribution in [3.8, 4) is 0 Å². The largest absolute Gasteiger partial charge is 0.383 e. The molecule has 0 spiro atoms. The minimum Gasteiger partial charge on any atom is -0.383 e. The first-order valence-electron chi connectivity index (χ1n) is 5.88. The molecule has 0 atom stereocenters. The van der Waals surface area contributed by atoms with E-state index in [1.165, 1.54) is 18.4 Å². The van der Waals surface area contributed by atoms with Gasteiger partial charge in [0.2, 0.25) is 10.0 Å². The Labute approximate surface area is 119 Å². The third-order valence-corrected chi connectivity index (χ3v) is 4.41. The van der Waals surface area contributed by atoms with Gasteiger partial charge in [-0.05, 0) is 24.3 Å². The van der Waals surface area contributed by atoms with E-state index in [4.69, 9.17) is 16.3 Å². The van der Waals surface area contributed by atoms with Crippen molar-refractivity contribution >= 4 is 27.3 Å². The van der Waals surface area contributed by atoms with Crippen LogP contribution in [0.1, 0.15) is 0 Å². The van der Waals surface area contributed by atoms with Gasteiger partial charge in [-0.15, -0.1) is 11.6 Å². The van der Waals surface area contributed by atoms with Crippen LogP contribution in [0.5, 0.6) is 0 Å². The Morgan fingerprint density at radius 2 is 1.84 bits per heavy atom. The Morgan fingerprint density at radius 3 is 2.37 bits per heavy atom. The average molecular weight is 307 g/mol. The van der Waals surface area contributed by atoms with Crippen molar-refractivity contribution in [1.29, 1.82) is 0 Å². The summed E-state index contributed by atoms with van der Waals surface area (Å²) in [6, 6.07) is 6.63. The van der Waals surface area contributed by atoms with Crippen LogP contribution in [0.25, 0.3) is 0 Å². The molecule has 0 unspecified atom stereocenters. The van der Waals surface area contributed by atoms with Crippen LogP contribution < -0.4 is 5.32 Å². The van der Waals surface area contributed by atoms with Gasteiger partial charge in [0, 0.05) is 32.2 Å². The van der Waals surface area contributed by atoms with E-state index >= 15 is 0 Å². The molecule has 19 heavy (non-hydrogen) atoms. The molecule has 108 valence electrons. The molecule has 1 aromatic carbocycles. The number of sulfonamides is 1. The van der Waals surface area contributed by atoms with Gasteiger partial charge < -0.3 is 10.1 Å². The number of rotatable bonds is 8. The number of halogens is 1. The lowest BCUT2D eigenvalue weighted by atomic mass is 10.3. The maximum Gasteiger partial charge on any atom is 0.242 e. The van der Waals surface area contributed by atoms with Gasteiger partial charge in [-0.2, -0.15) is 0 Å². The second-order valence-corrected chi connectivity index (χ2v) is 6.57. The van der Waals surface area contributed by atoms with Gasteiger partial charge >= 0.3 is 0 Å². The predicted molar refractivity (Wildman–Crippen MR) is 77.3 cm³/mol. The summed E-state index contributed by atoms with van der Waals surface area (Å²) in [6.07, 6.45) is 0. The van der Waals surface area contributed by atoms with Gasteiger partial charge in [0.15, 0.2) is 0 Å². The van der Waals surface area contributed by atoms with Crippen molar-refractivity contribution in [3.63, 3.8) is 0 Å². The first-order valence-corrected chi connectivity index (χ1v) is 7.86. The van der Waals surface area contributed by atoms with Gasteiger partial charge in [0.1, 0.15) is 0 Å². The molecule has 0 amide bonds. The van der Waals surface area contributed by atoms with E-state index in [1.807, 2.05) is 0 Å². The zero-order valence-corrected chi connectivity index (χ0v) is 12.7. The maximum absolute atomic E-state index is 11.8. The monoisotopic (exact) mass is 306 g/mol. The second kappa shape index (κ2) is 7.69. The molecular weight excluding hydrogens is 288 g/mol. The molecule has 0 aliphatic carbocycles. The molecule has 0 heterocycles. The number of nitrogens with one attached hydrogen (secondary N) is 1. The van der Waals surface area contributed by atoms with E-state index in [0.717, 1.165) is 5.69 Å². The third-order valence-electron chi connectivity index (χ3n) is 2.43. The lowest BCUT2D eigenvalue weighted by Crippen LogP contribution is -2.22. The molecule has 0 saturated heterocycles. The molecule has 0 fully saturated rings. The number of benzene rings is 1. The van der Waals surface area contributed by atoms with E-state index in [-0.39, 0.29) is 4.90 Å². The Kier molecular flexibility index (Phi) is 6.57. The molecule has 0 aliphatic heterocycles. The SMILES string of the molecule is CN(C)S(=O)(=O)c1ccc(NCCOCCCl)cc1. The van der Waals surface area contributed by atoms with Crippen molar-refractivity contribution in [2.45, 2.75) is 4.90 Å². The molecule has 1 rings (SSSR count). The van der Waals surface area contributed by atoms with Gasteiger partial charge in [-0.3, -0.25) is 0 Å². The van der Waals surface area contributed by atoms with Crippen LogP contribution in [0.15, 0.2) is 29.2 Å². The van der Waals surface area contributed by atoms with Crippen LogP contribution in [-0.4, -0.2) is 52.5 Å². The summed E-state index contributed by atoms with van der Waals surface area (Å²) in [6.45, 7) is 1.74. The summed E-state index contributed by atoms with van der Waals surface area (Å²) in [5.74, 6) is 0.483. The summed E-state index contributed by atoms with van der Waals surface area (Å²) in [7, 11) is -0.341. The van der Waals surface area contributed by atoms with E-state index < -0.39 is 10.0 Å². The minimum atomic E-state index is -3.36. The van der Waals surface area contributed by atoms with Crippen LogP contribution in [0.2, 0.25) is 0 Å². The molecule has 0 saturated carbocycles. The Bertz CT molecular complexity index is 474. The quantitative estimate of drug-likeness (QED) is 0.585. The highest BCUT2D eigenvalue weighted by Gasteiger charge is 2.16. The Morgan fingerprint density at radius 1 is 1.21 bits per heavy atom. The van der Waals surface area contributed by atoms with Gasteiger partial charge in [0.25, 0.3) is 0 Å². The molecule has 0 aromatic heterocycles. The number of alkyl halides is 1. The van der Waals surface area contributed by atoms with Crippen molar-refractivity contribution in [3.05, 3.63) is 24.3 Å². The first kappa shape index (κ1) is 16.2. The normalized spacial score (nSPS) is 11.8. The number of anilines is 1. The summed E-state index contributed by atoms with van der Waals surface area (Å²) in [4.78, 5) is 0.279. The van der Waals surface area contributed by atoms with Crippen LogP contribution in [-0.2, 0) is 14.8 Å². The maximum atomic E-state index is 11.8. The van der Waals surface area contributed by atoms with Crippen LogP contribution in [0, 0.1) is 0 Å². The van der Waals surface area contributed by atoms with E-state index in [2.05, 4.69) is 5.32 Å². The fourth-order valence-electron chi connectivity index (χ4n) is 1.38. The highest BCUT2D eigenvalue weighted by molar-refractivity contribution is 7.89. The van der Waals surface area contributed by atoms with Crippen molar-refractivity contribution < 1.29 is 13.2 Å². The lowest BCUT2D eigenvalue weighted by molar-refractivity contribution is 0.160. The van der Waals surface area contributed by atoms with Crippen LogP contribution in [0.4, 0.5) is 5.69 Å². The number of nitrogens with zero attached hydrogens (tertiary/aromatic N) is 1. The van der Waals surface area contributed by atoms with E-state index in [0.29, 0.717) is 25.6 Å². The first-order chi connectivity index (χ1) is 8.98. The van der Waals surface area contributed by atoms with Crippen LogP contribution >= 0.6 is 11.6 Å². The molecule has 0 radical (unpaired) electrons. The highest BCUT2D eigenvalue weighted by Crippen LogP contribution is 2.16. The van der Waals surface area contributed by atoms with Crippen molar-refractivity contribution in [1.82, 2.24) is 4.31 Å². The molecule has 7 heteroatoms. The van der Waals surface area contributed by atoms with Crippen molar-refractivity contribution in [2.24, 2.45) is 0 Å². The number of hydrogen-bond acceptors (Lipinski definition) is 4. The third kappa shape index (κ3) is 4.99. The Balaban J connectivity index is 2.53. The molecule has 1 aromatic rings. The fraction of sp³-hybridized carbons (Fsp3) is 0.500. The number of hydrogen-bond donors (Lipinski definition) is 1. The van der Waals surface area contributed by atoms with Gasteiger partial charge in [-0.25, -0.2) is 12.7 Å². The fourth-order valence-corrected chi connectivity index (χ4v) is 2.39. The van der Waals surface area contributed by atoms with Crippen molar-refractivity contribution in [2.75, 3.05) is 45.1 Å². The standard InChI is InChI=1S/C12H19ClN2O3S/c1-15(2)19(16,17)12-5-3-11(4-6-12)14-8-10-18-9-7-13/h3-6,14H,7-10H2,1-2H3. The minimum absolute atomic E-state index is 0.279. The molecule has 0 bridgehead atoms. The Hall–Kier alpha value is -0.820.